The second-order valence-electron chi connectivity index (χ2n) is 9.60. The van der Waals surface area contributed by atoms with E-state index in [9.17, 15) is 22.8 Å². The third-order valence-electron chi connectivity index (χ3n) is 6.06. The van der Waals surface area contributed by atoms with Crippen molar-refractivity contribution in [1.82, 2.24) is 0 Å². The second-order valence-corrected chi connectivity index (χ2v) is 9.60. The highest BCUT2D eigenvalue weighted by atomic mass is 19.4. The minimum atomic E-state index is -4.53. The summed E-state index contributed by atoms with van der Waals surface area (Å²) >= 11 is 0. The number of ketones is 1. The van der Waals surface area contributed by atoms with Crippen LogP contribution in [0.25, 0.3) is 0 Å². The number of fused-ring (bicyclic) bond motifs is 2. The van der Waals surface area contributed by atoms with Crippen molar-refractivity contribution < 1.29 is 51.2 Å². The topological polar surface area (TPSA) is 89.5 Å². The number of cyclic esters (lactones) is 1. The number of hydrogen-bond donors (Lipinski definition) is 0. The van der Waals surface area contributed by atoms with E-state index in [1.165, 1.54) is 19.3 Å². The van der Waals surface area contributed by atoms with E-state index in [2.05, 4.69) is 0 Å². The number of hydrogen-bond acceptors (Lipinski definition) is 8. The summed E-state index contributed by atoms with van der Waals surface area (Å²) in [5.74, 6) is -2.21. The lowest BCUT2D eigenvalue weighted by molar-refractivity contribution is -0.181. The summed E-state index contributed by atoms with van der Waals surface area (Å²) in [5.41, 5.74) is 0.333. The highest BCUT2D eigenvalue weighted by Crippen LogP contribution is 2.34. The van der Waals surface area contributed by atoms with Crippen LogP contribution in [0, 0.1) is 5.92 Å². The molecule has 11 heteroatoms. The minimum Gasteiger partial charge on any atom is -0.471 e. The maximum atomic E-state index is 13.3. The maximum absolute atomic E-state index is 13.3. The highest BCUT2D eigenvalue weighted by Gasteiger charge is 2.44. The van der Waals surface area contributed by atoms with Gasteiger partial charge < -0.3 is 28.4 Å². The summed E-state index contributed by atoms with van der Waals surface area (Å²) in [6.07, 6.45) is 0.201. The van der Waals surface area contributed by atoms with Gasteiger partial charge in [-0.3, -0.25) is 4.79 Å². The molecule has 0 aromatic carbocycles. The van der Waals surface area contributed by atoms with Gasteiger partial charge in [-0.1, -0.05) is 25.2 Å². The van der Waals surface area contributed by atoms with Gasteiger partial charge in [0.25, 0.3) is 0 Å². The molecule has 0 saturated carbocycles. The van der Waals surface area contributed by atoms with E-state index in [-0.39, 0.29) is 48.2 Å². The molecule has 2 aliphatic heterocycles. The predicted octanol–water partition coefficient (Wildman–Crippen LogP) is 4.31. The lowest BCUT2D eigenvalue weighted by Gasteiger charge is -2.27. The Kier molecular flexibility index (Phi) is 9.38. The average molecular weight is 531 g/mol. The first kappa shape index (κ1) is 29.1. The summed E-state index contributed by atoms with van der Waals surface area (Å²) in [6.45, 7) is 5.19. The van der Waals surface area contributed by atoms with E-state index in [1.807, 2.05) is 0 Å². The quantitative estimate of drug-likeness (QED) is 0.384. The van der Waals surface area contributed by atoms with Crippen molar-refractivity contribution in [1.29, 1.82) is 0 Å². The summed E-state index contributed by atoms with van der Waals surface area (Å²) < 4.78 is 71.5. The van der Waals surface area contributed by atoms with Crippen molar-refractivity contribution in [2.45, 2.75) is 76.9 Å². The van der Waals surface area contributed by atoms with E-state index >= 15 is 0 Å². The monoisotopic (exact) mass is 530 g/mol. The number of carbonyl (C=O) groups is 2. The van der Waals surface area contributed by atoms with Crippen LogP contribution in [0.1, 0.15) is 40.5 Å². The van der Waals surface area contributed by atoms with E-state index in [1.54, 1.807) is 45.9 Å². The molecular weight excluding hydrogens is 497 g/mol. The Morgan fingerprint density at radius 1 is 1.14 bits per heavy atom. The predicted molar refractivity (Wildman–Crippen MR) is 125 cm³/mol. The Balaban J connectivity index is 2.01. The minimum absolute atomic E-state index is 0.0665. The summed E-state index contributed by atoms with van der Waals surface area (Å²) in [4.78, 5) is 26.1. The van der Waals surface area contributed by atoms with Gasteiger partial charge >= 0.3 is 12.1 Å². The smallest absolute Gasteiger partial charge is 0.411 e. The molecule has 1 aliphatic carbocycles. The van der Waals surface area contributed by atoms with Crippen LogP contribution in [0.4, 0.5) is 13.2 Å². The van der Waals surface area contributed by atoms with E-state index < -0.39 is 49.0 Å². The third kappa shape index (κ3) is 8.00. The van der Waals surface area contributed by atoms with Gasteiger partial charge in [-0.15, -0.1) is 0 Å². The zero-order valence-corrected chi connectivity index (χ0v) is 21.5. The van der Waals surface area contributed by atoms with Crippen molar-refractivity contribution in [2.75, 3.05) is 20.5 Å². The molecule has 0 aromatic heterocycles. The van der Waals surface area contributed by atoms with Crippen LogP contribution in [0.2, 0.25) is 0 Å². The number of halogens is 3. The summed E-state index contributed by atoms with van der Waals surface area (Å²) in [5, 5.41) is 0. The van der Waals surface area contributed by atoms with Crippen molar-refractivity contribution in [2.24, 2.45) is 5.92 Å². The number of methoxy groups -OCH3 is 1. The fourth-order valence-corrected chi connectivity index (χ4v) is 4.14. The van der Waals surface area contributed by atoms with Gasteiger partial charge in [0.1, 0.15) is 30.1 Å². The van der Waals surface area contributed by atoms with Crippen molar-refractivity contribution in [3.05, 3.63) is 47.3 Å². The number of esters is 1. The van der Waals surface area contributed by atoms with Crippen LogP contribution in [0.15, 0.2) is 47.3 Å². The van der Waals surface area contributed by atoms with Gasteiger partial charge in [-0.05, 0) is 44.9 Å². The lowest BCUT2D eigenvalue weighted by atomic mass is 9.92. The first-order chi connectivity index (χ1) is 17.3. The average Bonchev–Trinajstić information content (AvgIpc) is 3.12. The van der Waals surface area contributed by atoms with Crippen LogP contribution >= 0.6 is 0 Å². The molecule has 8 nitrogen and oxygen atoms in total. The molecule has 0 bridgehead atoms. The van der Waals surface area contributed by atoms with E-state index in [0.717, 1.165) is 0 Å². The largest absolute Gasteiger partial charge is 0.471 e. The third-order valence-corrected chi connectivity index (χ3v) is 6.06. The highest BCUT2D eigenvalue weighted by molar-refractivity contribution is 5.96. The van der Waals surface area contributed by atoms with Crippen LogP contribution in [0.5, 0.6) is 0 Å². The number of ether oxygens (including phenoxy) is 6. The molecule has 5 atom stereocenters. The van der Waals surface area contributed by atoms with Gasteiger partial charge in [0, 0.05) is 19.4 Å². The van der Waals surface area contributed by atoms with Gasteiger partial charge in [-0.25, -0.2) is 4.79 Å². The second kappa shape index (κ2) is 11.9. The molecule has 3 rings (SSSR count). The molecule has 206 valence electrons. The Labute approximate surface area is 214 Å². The Bertz CT molecular complexity index is 979. The molecule has 0 amide bonds. The molecule has 1 unspecified atom stereocenters. The van der Waals surface area contributed by atoms with Gasteiger partial charge in [0.05, 0.1) is 12.2 Å². The Hall–Kier alpha value is -2.47. The first-order valence-electron chi connectivity index (χ1n) is 12.0. The van der Waals surface area contributed by atoms with Crippen LogP contribution in [-0.4, -0.2) is 68.6 Å². The molecule has 2 heterocycles. The first-order valence-corrected chi connectivity index (χ1v) is 12.0. The van der Waals surface area contributed by atoms with Gasteiger partial charge in [0.15, 0.2) is 18.4 Å². The van der Waals surface area contributed by atoms with E-state index in [4.69, 9.17) is 28.4 Å². The number of rotatable bonds is 5. The summed E-state index contributed by atoms with van der Waals surface area (Å²) in [7, 11) is 1.38. The Morgan fingerprint density at radius 2 is 1.86 bits per heavy atom. The maximum Gasteiger partial charge on any atom is 0.411 e. The number of carbonyl (C=O) groups excluding carboxylic acids is 2. The zero-order valence-electron chi connectivity index (χ0n) is 21.5. The van der Waals surface area contributed by atoms with Crippen LogP contribution < -0.4 is 0 Å². The molecule has 37 heavy (non-hydrogen) atoms. The molecular formula is C26H33F3O8. The molecule has 3 aliphatic rings. The molecule has 0 N–H and O–H groups in total. The standard InChI is InChI=1S/C26H33F3O8/c1-15-9-10-19(30)23-20(36-25(3,4)37-23)8-6-7-17-11-18(33-13-26(27,28)29)12-21(34-14-32-5)22(17)24(31)35-16(15)2/h6-7,9-11,15-16,18,20,23H,8,12-14H2,1-5H3/b7-6+,10-9-/t15-,16+,18?,20+,23-/m1/s1. The SMILES string of the molecule is COCOC1=C2C(=O)O[C@@H](C)[C@H](C)/C=C\C(=O)[C@H]3OC(C)(C)O[C@H]3C/C=C/C2=CC(OCC(F)(F)F)C1. The normalized spacial score (nSPS) is 32.5. The number of alkyl halides is 3. The van der Waals surface area contributed by atoms with Gasteiger partial charge in [0.2, 0.25) is 0 Å². The van der Waals surface area contributed by atoms with Crippen LogP contribution in [0.3, 0.4) is 0 Å². The Morgan fingerprint density at radius 3 is 2.54 bits per heavy atom. The van der Waals surface area contributed by atoms with Gasteiger partial charge in [-0.2, -0.15) is 13.2 Å². The van der Waals surface area contributed by atoms with Crippen molar-refractivity contribution in [3.8, 4) is 0 Å². The zero-order chi connectivity index (χ0) is 27.4. The fourth-order valence-electron chi connectivity index (χ4n) is 4.14. The van der Waals surface area contributed by atoms with Crippen LogP contribution in [-0.2, 0) is 38.0 Å². The van der Waals surface area contributed by atoms with Crippen molar-refractivity contribution >= 4 is 11.8 Å². The molecule has 0 spiro atoms. The number of allylic oxidation sites excluding steroid dienone is 1. The molecule has 1 saturated heterocycles. The van der Waals surface area contributed by atoms with E-state index in [0.29, 0.717) is 0 Å². The molecule has 1 fully saturated rings. The summed E-state index contributed by atoms with van der Waals surface area (Å²) in [6, 6.07) is 0. The van der Waals surface area contributed by atoms with Crippen molar-refractivity contribution in [3.63, 3.8) is 0 Å². The molecule has 0 radical (unpaired) electrons. The fraction of sp³-hybridized carbons (Fsp3) is 0.615. The molecule has 0 aromatic rings. The lowest BCUT2D eigenvalue weighted by Crippen LogP contribution is -2.31.